The van der Waals surface area contributed by atoms with E-state index in [1.807, 2.05) is 0 Å². The van der Waals surface area contributed by atoms with Crippen molar-refractivity contribution in [2.24, 2.45) is 17.6 Å². The van der Waals surface area contributed by atoms with Crippen LogP contribution >= 0.6 is 0 Å². The monoisotopic (exact) mass is 226 g/mol. The van der Waals surface area contributed by atoms with Crippen molar-refractivity contribution in [1.29, 1.82) is 0 Å². The highest BCUT2D eigenvalue weighted by Crippen LogP contribution is 2.40. The van der Waals surface area contributed by atoms with Gasteiger partial charge >= 0.3 is 0 Å². The van der Waals surface area contributed by atoms with E-state index in [-0.39, 0.29) is 0 Å². The fraction of sp³-hybridized carbons (Fsp3) is 1.00. The molecule has 2 aliphatic rings. The average molecular weight is 226 g/mol. The Balaban J connectivity index is 1.87. The molecule has 2 unspecified atom stereocenters. The summed E-state index contributed by atoms with van der Waals surface area (Å²) in [5, 5.41) is 10.5. The number of piperidine rings is 1. The first-order chi connectivity index (χ1) is 7.68. The Labute approximate surface area is 99.0 Å². The second-order valence-corrected chi connectivity index (χ2v) is 5.73. The summed E-state index contributed by atoms with van der Waals surface area (Å²) in [6, 6.07) is 0. The van der Waals surface area contributed by atoms with E-state index in [2.05, 4.69) is 11.8 Å². The van der Waals surface area contributed by atoms with Crippen molar-refractivity contribution in [3.05, 3.63) is 0 Å². The Morgan fingerprint density at radius 1 is 1.38 bits per heavy atom. The van der Waals surface area contributed by atoms with Gasteiger partial charge in [0, 0.05) is 19.6 Å². The topological polar surface area (TPSA) is 49.5 Å². The van der Waals surface area contributed by atoms with Gasteiger partial charge in [0.05, 0.1) is 5.60 Å². The smallest absolute Gasteiger partial charge is 0.0923 e. The molecule has 0 bridgehead atoms. The van der Waals surface area contributed by atoms with Crippen LogP contribution in [0.2, 0.25) is 0 Å². The molecular weight excluding hydrogens is 200 g/mol. The van der Waals surface area contributed by atoms with E-state index in [1.54, 1.807) is 0 Å². The molecule has 1 saturated carbocycles. The van der Waals surface area contributed by atoms with E-state index in [1.165, 1.54) is 32.1 Å². The lowest BCUT2D eigenvalue weighted by atomic mass is 9.92. The first-order valence-electron chi connectivity index (χ1n) is 6.82. The number of rotatable bonds is 5. The van der Waals surface area contributed by atoms with Crippen molar-refractivity contribution in [2.45, 2.75) is 44.6 Å². The van der Waals surface area contributed by atoms with Crippen molar-refractivity contribution in [3.8, 4) is 0 Å². The van der Waals surface area contributed by atoms with Crippen molar-refractivity contribution in [2.75, 3.05) is 26.2 Å². The van der Waals surface area contributed by atoms with Crippen LogP contribution in [0.3, 0.4) is 0 Å². The van der Waals surface area contributed by atoms with Gasteiger partial charge < -0.3 is 15.7 Å². The summed E-state index contributed by atoms with van der Waals surface area (Å²) in [7, 11) is 0. The fourth-order valence-electron chi connectivity index (χ4n) is 3.00. The summed E-state index contributed by atoms with van der Waals surface area (Å²) in [5.41, 5.74) is 5.15. The predicted octanol–water partition coefficient (Wildman–Crippen LogP) is 1.21. The molecule has 2 rings (SSSR count). The number of likely N-dealkylation sites (tertiary alicyclic amines) is 1. The van der Waals surface area contributed by atoms with E-state index in [4.69, 9.17) is 5.73 Å². The Hall–Kier alpha value is -0.120. The van der Waals surface area contributed by atoms with Gasteiger partial charge in [-0.15, -0.1) is 0 Å². The molecule has 2 atom stereocenters. The second-order valence-electron chi connectivity index (χ2n) is 5.73. The molecule has 1 heterocycles. The SMILES string of the molecule is CCC1CCCN(CC(O)(CN)C2CC2)C1. The van der Waals surface area contributed by atoms with Crippen molar-refractivity contribution < 1.29 is 5.11 Å². The number of hydrogen-bond acceptors (Lipinski definition) is 3. The molecule has 94 valence electrons. The third-order valence-corrected chi connectivity index (χ3v) is 4.37. The molecule has 0 spiro atoms. The van der Waals surface area contributed by atoms with Gasteiger partial charge in [0.25, 0.3) is 0 Å². The quantitative estimate of drug-likeness (QED) is 0.741. The molecule has 1 aliphatic carbocycles. The average Bonchev–Trinajstić information content (AvgIpc) is 3.13. The fourth-order valence-corrected chi connectivity index (χ4v) is 3.00. The van der Waals surface area contributed by atoms with Crippen molar-refractivity contribution >= 4 is 0 Å². The van der Waals surface area contributed by atoms with Gasteiger partial charge in [-0.25, -0.2) is 0 Å². The van der Waals surface area contributed by atoms with Crippen LogP contribution in [0.15, 0.2) is 0 Å². The van der Waals surface area contributed by atoms with Gasteiger partial charge in [0.1, 0.15) is 0 Å². The highest BCUT2D eigenvalue weighted by Gasteiger charge is 2.44. The van der Waals surface area contributed by atoms with Crippen LogP contribution in [0.1, 0.15) is 39.0 Å². The molecule has 0 aromatic heterocycles. The van der Waals surface area contributed by atoms with Gasteiger partial charge in [-0.05, 0) is 44.1 Å². The molecular formula is C13H26N2O. The molecule has 1 aliphatic heterocycles. The maximum absolute atomic E-state index is 10.5. The van der Waals surface area contributed by atoms with E-state index in [9.17, 15) is 5.11 Å². The molecule has 2 fully saturated rings. The van der Waals surface area contributed by atoms with Crippen LogP contribution in [0, 0.1) is 11.8 Å². The molecule has 16 heavy (non-hydrogen) atoms. The van der Waals surface area contributed by atoms with Crippen molar-refractivity contribution in [1.82, 2.24) is 4.90 Å². The van der Waals surface area contributed by atoms with E-state index in [0.29, 0.717) is 12.5 Å². The summed E-state index contributed by atoms with van der Waals surface area (Å²) in [5.74, 6) is 1.30. The maximum Gasteiger partial charge on any atom is 0.0923 e. The Kier molecular flexibility index (Phi) is 3.88. The largest absolute Gasteiger partial charge is 0.387 e. The number of β-amino-alcohol motifs (C(OH)–C–C–N with tert-alkyl or cyclic N) is 1. The maximum atomic E-state index is 10.5. The number of nitrogens with zero attached hydrogens (tertiary/aromatic N) is 1. The number of nitrogens with two attached hydrogens (primary N) is 1. The summed E-state index contributed by atoms with van der Waals surface area (Å²) in [6.07, 6.45) is 6.24. The van der Waals surface area contributed by atoms with Gasteiger partial charge in [0.2, 0.25) is 0 Å². The third-order valence-electron chi connectivity index (χ3n) is 4.37. The molecule has 0 radical (unpaired) electrons. The lowest BCUT2D eigenvalue weighted by Gasteiger charge is -2.38. The van der Waals surface area contributed by atoms with Crippen LogP contribution in [0.4, 0.5) is 0 Å². The Morgan fingerprint density at radius 3 is 2.69 bits per heavy atom. The highest BCUT2D eigenvalue weighted by molar-refractivity contribution is 4.98. The highest BCUT2D eigenvalue weighted by atomic mass is 16.3. The standard InChI is InChI=1S/C13H26N2O/c1-2-11-4-3-7-15(8-11)10-13(16,9-14)12-5-6-12/h11-12,16H,2-10,14H2,1H3. The second kappa shape index (κ2) is 5.03. The molecule has 0 aromatic carbocycles. The molecule has 3 heteroatoms. The lowest BCUT2D eigenvalue weighted by Crippen LogP contribution is -2.52. The first kappa shape index (κ1) is 12.3. The first-order valence-corrected chi connectivity index (χ1v) is 6.82. The van der Waals surface area contributed by atoms with E-state index < -0.39 is 5.60 Å². The minimum absolute atomic E-state index is 0.422. The van der Waals surface area contributed by atoms with Crippen LogP contribution in [-0.4, -0.2) is 41.8 Å². The van der Waals surface area contributed by atoms with E-state index >= 15 is 0 Å². The molecule has 1 saturated heterocycles. The summed E-state index contributed by atoms with van der Waals surface area (Å²) < 4.78 is 0. The summed E-state index contributed by atoms with van der Waals surface area (Å²) in [6.45, 7) is 5.79. The zero-order valence-electron chi connectivity index (χ0n) is 10.5. The van der Waals surface area contributed by atoms with Crippen molar-refractivity contribution in [3.63, 3.8) is 0 Å². The molecule has 0 amide bonds. The van der Waals surface area contributed by atoms with Gasteiger partial charge in [-0.3, -0.25) is 0 Å². The Bertz CT molecular complexity index is 230. The number of aliphatic hydroxyl groups is 1. The van der Waals surface area contributed by atoms with E-state index in [0.717, 1.165) is 25.6 Å². The molecule has 3 N–H and O–H groups in total. The van der Waals surface area contributed by atoms with Crippen LogP contribution in [-0.2, 0) is 0 Å². The number of hydrogen-bond donors (Lipinski definition) is 2. The van der Waals surface area contributed by atoms with Gasteiger partial charge in [0.15, 0.2) is 0 Å². The van der Waals surface area contributed by atoms with Crippen LogP contribution in [0.25, 0.3) is 0 Å². The predicted molar refractivity (Wildman–Crippen MR) is 66.2 cm³/mol. The van der Waals surface area contributed by atoms with Gasteiger partial charge in [-0.1, -0.05) is 13.3 Å². The lowest BCUT2D eigenvalue weighted by molar-refractivity contribution is -0.0183. The Morgan fingerprint density at radius 2 is 2.12 bits per heavy atom. The van der Waals surface area contributed by atoms with Crippen LogP contribution < -0.4 is 5.73 Å². The van der Waals surface area contributed by atoms with Crippen LogP contribution in [0.5, 0.6) is 0 Å². The normalized spacial score (nSPS) is 31.3. The zero-order chi connectivity index (χ0) is 11.6. The molecule has 3 nitrogen and oxygen atoms in total. The minimum atomic E-state index is -0.602. The molecule has 0 aromatic rings. The zero-order valence-corrected chi connectivity index (χ0v) is 10.5. The third kappa shape index (κ3) is 2.76. The minimum Gasteiger partial charge on any atom is -0.387 e. The summed E-state index contributed by atoms with van der Waals surface area (Å²) in [4.78, 5) is 2.43. The summed E-state index contributed by atoms with van der Waals surface area (Å²) >= 11 is 0. The van der Waals surface area contributed by atoms with Gasteiger partial charge in [-0.2, -0.15) is 0 Å².